The molecule has 0 aliphatic heterocycles. The molecule has 9 aromatic rings. The van der Waals surface area contributed by atoms with Gasteiger partial charge in [-0.1, -0.05) is 141 Å². The van der Waals surface area contributed by atoms with Crippen molar-refractivity contribution >= 4 is 64.8 Å². The summed E-state index contributed by atoms with van der Waals surface area (Å²) in [5, 5.41) is 8.96. The Morgan fingerprint density at radius 2 is 1.16 bits per heavy atom. The number of thiophene rings is 1. The topological polar surface area (TPSA) is 4.93 Å². The standard InChI is InChI=1S/C43H29NS/c1-43(2)35-21-11-9-19-33(35)41-38(43)40-42(45-41)34-20-10-12-22-36(34)44(40)39-31-17-7-5-15-29(31)37(30-16-6-8-18-32(30)39)28-24-23-26-13-3-4-14-27(26)25-28/h3-25H,1-2H3. The molecule has 0 saturated carbocycles. The van der Waals surface area contributed by atoms with Crippen molar-refractivity contribution in [3.8, 4) is 27.3 Å². The van der Waals surface area contributed by atoms with E-state index in [0.29, 0.717) is 0 Å². The van der Waals surface area contributed by atoms with Crippen LogP contribution >= 0.6 is 11.3 Å². The number of aromatic nitrogens is 1. The minimum absolute atomic E-state index is 0.104. The molecule has 0 bridgehead atoms. The van der Waals surface area contributed by atoms with Crippen molar-refractivity contribution < 1.29 is 0 Å². The molecule has 0 unspecified atom stereocenters. The van der Waals surface area contributed by atoms with Gasteiger partial charge in [-0.2, -0.15) is 0 Å². The summed E-state index contributed by atoms with van der Waals surface area (Å²) in [5.41, 5.74) is 10.6. The number of hydrogen-bond donors (Lipinski definition) is 0. The van der Waals surface area contributed by atoms with Gasteiger partial charge < -0.3 is 4.57 Å². The molecule has 0 spiro atoms. The predicted molar refractivity (Wildman–Crippen MR) is 194 cm³/mol. The van der Waals surface area contributed by atoms with E-state index in [1.807, 2.05) is 11.3 Å². The summed E-state index contributed by atoms with van der Waals surface area (Å²) < 4.78 is 3.99. The summed E-state index contributed by atoms with van der Waals surface area (Å²) in [6.45, 7) is 4.82. The van der Waals surface area contributed by atoms with Gasteiger partial charge in [0, 0.05) is 32.0 Å². The SMILES string of the molecule is CC1(C)c2ccccc2-c2sc3c4ccccc4n(-c4c5ccccc5c(-c5ccc6ccccc6c5)c5ccccc45)c3c21. The van der Waals surface area contributed by atoms with Crippen LogP contribution in [0.15, 0.2) is 140 Å². The molecule has 0 atom stereocenters. The van der Waals surface area contributed by atoms with Crippen molar-refractivity contribution in [3.63, 3.8) is 0 Å². The van der Waals surface area contributed by atoms with Crippen LogP contribution in [0.3, 0.4) is 0 Å². The van der Waals surface area contributed by atoms with Crippen LogP contribution in [0, 0.1) is 0 Å². The quantitative estimate of drug-likeness (QED) is 0.176. The first-order valence-electron chi connectivity index (χ1n) is 15.7. The minimum atomic E-state index is -0.104. The molecule has 1 aliphatic carbocycles. The lowest BCUT2D eigenvalue weighted by molar-refractivity contribution is 0.665. The summed E-state index contributed by atoms with van der Waals surface area (Å²) in [6.07, 6.45) is 0. The molecule has 0 N–H and O–H groups in total. The first kappa shape index (κ1) is 25.2. The van der Waals surface area contributed by atoms with Crippen LogP contribution in [0.5, 0.6) is 0 Å². The van der Waals surface area contributed by atoms with Crippen molar-refractivity contribution in [1.29, 1.82) is 0 Å². The molecule has 0 radical (unpaired) electrons. The normalized spacial score (nSPS) is 13.7. The van der Waals surface area contributed by atoms with E-state index in [0.717, 1.165) is 0 Å². The Morgan fingerprint density at radius 3 is 1.91 bits per heavy atom. The number of fused-ring (bicyclic) bond motifs is 10. The zero-order valence-corrected chi connectivity index (χ0v) is 26.0. The van der Waals surface area contributed by atoms with Gasteiger partial charge in [-0.3, -0.25) is 0 Å². The lowest BCUT2D eigenvalue weighted by atomic mass is 9.82. The fourth-order valence-corrected chi connectivity index (χ4v) is 9.68. The third kappa shape index (κ3) is 3.27. The summed E-state index contributed by atoms with van der Waals surface area (Å²) in [6, 6.07) is 51.7. The predicted octanol–water partition coefficient (Wildman–Crippen LogP) is 12.3. The molecular weight excluding hydrogens is 563 g/mol. The van der Waals surface area contributed by atoms with Gasteiger partial charge in [-0.05, 0) is 55.9 Å². The van der Waals surface area contributed by atoms with E-state index in [-0.39, 0.29) is 5.41 Å². The molecule has 45 heavy (non-hydrogen) atoms. The third-order valence-corrected chi connectivity index (χ3v) is 11.4. The van der Waals surface area contributed by atoms with E-state index in [1.165, 1.54) is 91.8 Å². The molecular formula is C43H29NS. The van der Waals surface area contributed by atoms with Crippen LogP contribution in [-0.2, 0) is 5.41 Å². The lowest BCUT2D eigenvalue weighted by Crippen LogP contribution is -2.16. The molecule has 0 amide bonds. The van der Waals surface area contributed by atoms with Gasteiger partial charge in [0.25, 0.3) is 0 Å². The van der Waals surface area contributed by atoms with Crippen molar-refractivity contribution in [2.45, 2.75) is 19.3 Å². The van der Waals surface area contributed by atoms with Gasteiger partial charge >= 0.3 is 0 Å². The van der Waals surface area contributed by atoms with Crippen molar-refractivity contribution in [3.05, 3.63) is 151 Å². The first-order valence-corrected chi connectivity index (χ1v) is 16.5. The van der Waals surface area contributed by atoms with Gasteiger partial charge in [0.15, 0.2) is 0 Å². The van der Waals surface area contributed by atoms with E-state index in [1.54, 1.807) is 0 Å². The minimum Gasteiger partial charge on any atom is -0.307 e. The molecule has 7 aromatic carbocycles. The second kappa shape index (κ2) is 8.94. The van der Waals surface area contributed by atoms with Gasteiger partial charge in [-0.15, -0.1) is 11.3 Å². The zero-order chi connectivity index (χ0) is 29.9. The van der Waals surface area contributed by atoms with Gasteiger partial charge in [-0.25, -0.2) is 0 Å². The molecule has 2 heteroatoms. The van der Waals surface area contributed by atoms with Crippen LogP contribution in [0.2, 0.25) is 0 Å². The maximum Gasteiger partial charge on any atom is 0.0696 e. The molecule has 2 aromatic heterocycles. The van der Waals surface area contributed by atoms with E-state index in [4.69, 9.17) is 0 Å². The third-order valence-electron chi connectivity index (χ3n) is 10.1. The highest BCUT2D eigenvalue weighted by molar-refractivity contribution is 7.23. The van der Waals surface area contributed by atoms with Gasteiger partial charge in [0.2, 0.25) is 0 Å². The van der Waals surface area contributed by atoms with E-state index < -0.39 is 0 Å². The fourth-order valence-electron chi connectivity index (χ4n) is 8.16. The van der Waals surface area contributed by atoms with Crippen LogP contribution in [0.1, 0.15) is 25.0 Å². The Bertz CT molecular complexity index is 2630. The Morgan fingerprint density at radius 1 is 0.556 bits per heavy atom. The number of benzene rings is 7. The van der Waals surface area contributed by atoms with E-state index in [2.05, 4.69) is 158 Å². The molecule has 1 nitrogen and oxygen atoms in total. The molecule has 0 saturated heterocycles. The highest BCUT2D eigenvalue weighted by Crippen LogP contribution is 2.58. The molecule has 212 valence electrons. The maximum atomic E-state index is 2.61. The second-order valence-corrected chi connectivity index (χ2v) is 13.9. The summed E-state index contributed by atoms with van der Waals surface area (Å²) in [7, 11) is 0. The van der Waals surface area contributed by atoms with Crippen LogP contribution in [-0.4, -0.2) is 4.57 Å². The second-order valence-electron chi connectivity index (χ2n) is 12.9. The highest BCUT2D eigenvalue weighted by Gasteiger charge is 2.40. The van der Waals surface area contributed by atoms with Crippen molar-refractivity contribution in [1.82, 2.24) is 4.57 Å². The van der Waals surface area contributed by atoms with Crippen LogP contribution < -0.4 is 0 Å². The van der Waals surface area contributed by atoms with Crippen LogP contribution in [0.4, 0.5) is 0 Å². The molecule has 0 fully saturated rings. The lowest BCUT2D eigenvalue weighted by Gasteiger charge is -2.23. The number of rotatable bonds is 2. The summed E-state index contributed by atoms with van der Waals surface area (Å²) >= 11 is 1.97. The Kier molecular flexibility index (Phi) is 5.00. The van der Waals surface area contributed by atoms with Gasteiger partial charge in [0.1, 0.15) is 0 Å². The zero-order valence-electron chi connectivity index (χ0n) is 25.1. The number of hydrogen-bond acceptors (Lipinski definition) is 1. The number of nitrogens with zero attached hydrogens (tertiary/aromatic N) is 1. The summed E-state index contributed by atoms with van der Waals surface area (Å²) in [5.74, 6) is 0. The smallest absolute Gasteiger partial charge is 0.0696 e. The molecule has 2 heterocycles. The Balaban J connectivity index is 1.39. The maximum absolute atomic E-state index is 2.61. The summed E-state index contributed by atoms with van der Waals surface area (Å²) in [4.78, 5) is 1.42. The molecule has 1 aliphatic rings. The first-order chi connectivity index (χ1) is 22.1. The van der Waals surface area contributed by atoms with E-state index in [9.17, 15) is 0 Å². The monoisotopic (exact) mass is 591 g/mol. The Hall–Kier alpha value is -5.18. The average Bonchev–Trinajstić information content (AvgIpc) is 3.69. The molecule has 10 rings (SSSR count). The van der Waals surface area contributed by atoms with Gasteiger partial charge in [0.05, 0.1) is 21.4 Å². The van der Waals surface area contributed by atoms with E-state index >= 15 is 0 Å². The van der Waals surface area contributed by atoms with Crippen molar-refractivity contribution in [2.24, 2.45) is 0 Å². The number of para-hydroxylation sites is 1. The highest BCUT2D eigenvalue weighted by atomic mass is 32.1. The average molecular weight is 592 g/mol. The largest absolute Gasteiger partial charge is 0.307 e. The van der Waals surface area contributed by atoms with Crippen molar-refractivity contribution in [2.75, 3.05) is 0 Å². The van der Waals surface area contributed by atoms with Crippen LogP contribution in [0.25, 0.3) is 80.7 Å². The fraction of sp³-hybridized carbons (Fsp3) is 0.0698. The Labute approximate surface area is 265 Å².